The summed E-state index contributed by atoms with van der Waals surface area (Å²) in [5.41, 5.74) is 1.32. The van der Waals surface area contributed by atoms with Gasteiger partial charge >= 0.3 is 0 Å². The van der Waals surface area contributed by atoms with Gasteiger partial charge in [-0.25, -0.2) is 4.98 Å². The summed E-state index contributed by atoms with van der Waals surface area (Å²) in [4.78, 5) is 11.1. The summed E-state index contributed by atoms with van der Waals surface area (Å²) in [6, 6.07) is 5.78. The van der Waals surface area contributed by atoms with Crippen molar-refractivity contribution in [3.63, 3.8) is 0 Å². The molecule has 1 aliphatic rings. The molecule has 0 atom stereocenters. The number of hydrogen-bond acceptors (Lipinski definition) is 3. The van der Waals surface area contributed by atoms with Crippen LogP contribution in [0.1, 0.15) is 26.0 Å². The van der Waals surface area contributed by atoms with Crippen molar-refractivity contribution in [2.24, 2.45) is 10.4 Å². The van der Waals surface area contributed by atoms with Gasteiger partial charge in [0.15, 0.2) is 5.96 Å². The van der Waals surface area contributed by atoms with E-state index in [1.165, 1.54) is 6.42 Å². The maximum atomic E-state index is 5.14. The highest BCUT2D eigenvalue weighted by Crippen LogP contribution is 2.28. The van der Waals surface area contributed by atoms with Gasteiger partial charge in [0.05, 0.1) is 19.3 Å². The molecule has 0 radical (unpaired) electrons. The molecule has 5 heteroatoms. The summed E-state index contributed by atoms with van der Waals surface area (Å²) >= 11 is 0. The first-order chi connectivity index (χ1) is 9.54. The lowest BCUT2D eigenvalue weighted by Crippen LogP contribution is -2.40. The summed E-state index contributed by atoms with van der Waals surface area (Å²) in [7, 11) is 3.46. The van der Waals surface area contributed by atoms with Crippen LogP contribution in [0.2, 0.25) is 0 Å². The standard InChI is InChI=1S/C15H24N4O/c1-15(2)8-9-19(11-15)14(16-3)17-10-12-6-5-7-13(18-12)20-4/h5-7H,8-11H2,1-4H3,(H,16,17). The Kier molecular flexibility index (Phi) is 4.47. The van der Waals surface area contributed by atoms with Gasteiger partial charge in [-0.2, -0.15) is 0 Å². The molecule has 5 nitrogen and oxygen atoms in total. The quantitative estimate of drug-likeness (QED) is 0.676. The molecule has 1 fully saturated rings. The molecular weight excluding hydrogens is 252 g/mol. The van der Waals surface area contributed by atoms with Crippen molar-refractivity contribution in [3.8, 4) is 5.88 Å². The first-order valence-corrected chi connectivity index (χ1v) is 6.99. The van der Waals surface area contributed by atoms with Crippen LogP contribution < -0.4 is 10.1 Å². The predicted octanol–water partition coefficient (Wildman–Crippen LogP) is 1.90. The van der Waals surface area contributed by atoms with Crippen molar-refractivity contribution in [2.75, 3.05) is 27.2 Å². The van der Waals surface area contributed by atoms with Crippen molar-refractivity contribution in [3.05, 3.63) is 23.9 Å². The van der Waals surface area contributed by atoms with E-state index in [4.69, 9.17) is 4.74 Å². The van der Waals surface area contributed by atoms with Crippen LogP contribution in [-0.4, -0.2) is 43.1 Å². The minimum Gasteiger partial charge on any atom is -0.481 e. The molecule has 1 aromatic rings. The van der Waals surface area contributed by atoms with E-state index in [0.29, 0.717) is 17.8 Å². The monoisotopic (exact) mass is 276 g/mol. The van der Waals surface area contributed by atoms with Crippen molar-refractivity contribution < 1.29 is 4.74 Å². The van der Waals surface area contributed by atoms with Crippen LogP contribution >= 0.6 is 0 Å². The Bertz CT molecular complexity index is 485. The summed E-state index contributed by atoms with van der Waals surface area (Å²) in [5.74, 6) is 1.58. The zero-order valence-electron chi connectivity index (χ0n) is 12.8. The molecule has 0 aliphatic carbocycles. The fraction of sp³-hybridized carbons (Fsp3) is 0.600. The average molecular weight is 276 g/mol. The number of nitrogens with one attached hydrogen (secondary N) is 1. The Morgan fingerprint density at radius 3 is 2.90 bits per heavy atom. The second-order valence-corrected chi connectivity index (χ2v) is 5.91. The first kappa shape index (κ1) is 14.6. The maximum absolute atomic E-state index is 5.14. The van der Waals surface area contributed by atoms with E-state index in [9.17, 15) is 0 Å². The van der Waals surface area contributed by atoms with Crippen LogP contribution in [0.15, 0.2) is 23.2 Å². The van der Waals surface area contributed by atoms with Crippen molar-refractivity contribution in [1.29, 1.82) is 0 Å². The topological polar surface area (TPSA) is 49.8 Å². The molecule has 0 amide bonds. The highest BCUT2D eigenvalue weighted by atomic mass is 16.5. The van der Waals surface area contributed by atoms with Crippen LogP contribution in [0.25, 0.3) is 0 Å². The summed E-state index contributed by atoms with van der Waals surface area (Å²) in [6.45, 7) is 7.34. The van der Waals surface area contributed by atoms with Crippen molar-refractivity contribution in [2.45, 2.75) is 26.8 Å². The minimum atomic E-state index is 0.367. The molecule has 0 unspecified atom stereocenters. The zero-order valence-corrected chi connectivity index (χ0v) is 12.8. The number of guanidine groups is 1. The molecule has 0 saturated carbocycles. The molecule has 1 aliphatic heterocycles. The third-order valence-electron chi connectivity index (χ3n) is 3.61. The minimum absolute atomic E-state index is 0.367. The molecule has 2 rings (SSSR count). The van der Waals surface area contributed by atoms with E-state index in [0.717, 1.165) is 24.7 Å². The van der Waals surface area contributed by atoms with E-state index >= 15 is 0 Å². The van der Waals surface area contributed by atoms with Gasteiger partial charge in [-0.05, 0) is 17.9 Å². The number of pyridine rings is 1. The maximum Gasteiger partial charge on any atom is 0.213 e. The average Bonchev–Trinajstić information content (AvgIpc) is 2.80. The fourth-order valence-corrected chi connectivity index (χ4v) is 2.46. The number of rotatable bonds is 3. The van der Waals surface area contributed by atoms with Gasteiger partial charge in [0, 0.05) is 26.2 Å². The summed E-state index contributed by atoms with van der Waals surface area (Å²) in [5, 5.41) is 3.37. The number of methoxy groups -OCH3 is 1. The fourth-order valence-electron chi connectivity index (χ4n) is 2.46. The second-order valence-electron chi connectivity index (χ2n) is 5.91. The van der Waals surface area contributed by atoms with E-state index in [-0.39, 0.29) is 0 Å². The molecule has 2 heterocycles. The molecule has 1 N–H and O–H groups in total. The highest BCUT2D eigenvalue weighted by molar-refractivity contribution is 5.80. The second kappa shape index (κ2) is 6.11. The first-order valence-electron chi connectivity index (χ1n) is 6.99. The van der Waals surface area contributed by atoms with Crippen molar-refractivity contribution >= 4 is 5.96 Å². The van der Waals surface area contributed by atoms with Gasteiger partial charge in [0.2, 0.25) is 5.88 Å². The van der Waals surface area contributed by atoms with E-state index in [1.807, 2.05) is 25.2 Å². The SMILES string of the molecule is CN=C(NCc1cccc(OC)n1)N1CCC(C)(C)C1. The number of nitrogens with zero attached hydrogens (tertiary/aromatic N) is 3. The van der Waals surface area contributed by atoms with Crippen molar-refractivity contribution in [1.82, 2.24) is 15.2 Å². The third kappa shape index (κ3) is 3.62. The van der Waals surface area contributed by atoms with Gasteiger partial charge in [-0.1, -0.05) is 19.9 Å². The van der Waals surface area contributed by atoms with Gasteiger partial charge in [0.25, 0.3) is 0 Å². The van der Waals surface area contributed by atoms with E-state index in [2.05, 4.69) is 34.0 Å². The third-order valence-corrected chi connectivity index (χ3v) is 3.61. The molecule has 0 spiro atoms. The largest absolute Gasteiger partial charge is 0.481 e. The van der Waals surface area contributed by atoms with Crippen LogP contribution in [0, 0.1) is 5.41 Å². The molecule has 0 aromatic carbocycles. The highest BCUT2D eigenvalue weighted by Gasteiger charge is 2.30. The number of aliphatic imine (C=N–C) groups is 1. The van der Waals surface area contributed by atoms with Crippen LogP contribution in [0.3, 0.4) is 0 Å². The molecule has 1 aromatic heterocycles. The Balaban J connectivity index is 1.94. The van der Waals surface area contributed by atoms with Crippen LogP contribution in [0.5, 0.6) is 5.88 Å². The number of likely N-dealkylation sites (tertiary alicyclic amines) is 1. The lowest BCUT2D eigenvalue weighted by molar-refractivity contribution is 0.369. The normalized spacial score (nSPS) is 18.2. The smallest absolute Gasteiger partial charge is 0.213 e. The lowest BCUT2D eigenvalue weighted by atomic mass is 9.93. The molecular formula is C15H24N4O. The number of aromatic nitrogens is 1. The van der Waals surface area contributed by atoms with Gasteiger partial charge in [-0.3, -0.25) is 4.99 Å². The number of hydrogen-bond donors (Lipinski definition) is 1. The number of ether oxygens (including phenoxy) is 1. The lowest BCUT2D eigenvalue weighted by Gasteiger charge is -2.23. The molecule has 20 heavy (non-hydrogen) atoms. The van der Waals surface area contributed by atoms with Gasteiger partial charge in [0.1, 0.15) is 0 Å². The Hall–Kier alpha value is -1.78. The predicted molar refractivity (Wildman–Crippen MR) is 81.0 cm³/mol. The van der Waals surface area contributed by atoms with Gasteiger partial charge in [-0.15, -0.1) is 0 Å². The van der Waals surface area contributed by atoms with E-state index in [1.54, 1.807) is 7.11 Å². The Morgan fingerprint density at radius 1 is 1.50 bits per heavy atom. The molecule has 0 bridgehead atoms. The summed E-state index contributed by atoms with van der Waals surface area (Å²) < 4.78 is 5.14. The van der Waals surface area contributed by atoms with Crippen LogP contribution in [0.4, 0.5) is 0 Å². The zero-order chi connectivity index (χ0) is 14.6. The van der Waals surface area contributed by atoms with Crippen LogP contribution in [-0.2, 0) is 6.54 Å². The molecule has 110 valence electrons. The molecule has 1 saturated heterocycles. The van der Waals surface area contributed by atoms with Gasteiger partial charge < -0.3 is 15.0 Å². The summed E-state index contributed by atoms with van der Waals surface area (Å²) in [6.07, 6.45) is 1.20. The Morgan fingerprint density at radius 2 is 2.30 bits per heavy atom. The van der Waals surface area contributed by atoms with E-state index < -0.39 is 0 Å². The Labute approximate surface area is 121 Å².